The Hall–Kier alpha value is -1.71. The third-order valence-electron chi connectivity index (χ3n) is 3.58. The van der Waals surface area contributed by atoms with Gasteiger partial charge in [-0.1, -0.05) is 6.07 Å². The minimum atomic E-state index is -0.749. The predicted octanol–water partition coefficient (Wildman–Crippen LogP) is 2.23. The van der Waals surface area contributed by atoms with Crippen molar-refractivity contribution in [1.82, 2.24) is 0 Å². The van der Waals surface area contributed by atoms with Crippen LogP contribution in [0.3, 0.4) is 0 Å². The van der Waals surface area contributed by atoms with Crippen LogP contribution in [0.2, 0.25) is 0 Å². The number of benzene rings is 1. The monoisotopic (exact) mass is 249 g/mol. The van der Waals surface area contributed by atoms with E-state index < -0.39 is 5.97 Å². The van der Waals surface area contributed by atoms with Crippen LogP contribution < -0.4 is 9.64 Å². The summed E-state index contributed by atoms with van der Waals surface area (Å²) >= 11 is 0. The van der Waals surface area contributed by atoms with E-state index in [-0.39, 0.29) is 12.5 Å². The highest BCUT2D eigenvalue weighted by Crippen LogP contribution is 2.39. The maximum atomic E-state index is 10.9. The zero-order chi connectivity index (χ0) is 13.3. The molecule has 1 aromatic carbocycles. The third kappa shape index (κ3) is 2.28. The lowest BCUT2D eigenvalue weighted by Gasteiger charge is -2.36. The number of hydrogen-bond donors (Lipinski definition) is 1. The number of fused-ring (bicyclic) bond motifs is 1. The Kier molecular flexibility index (Phi) is 3.45. The second-order valence-corrected chi connectivity index (χ2v) is 4.88. The van der Waals surface area contributed by atoms with Crippen molar-refractivity contribution in [1.29, 1.82) is 0 Å². The van der Waals surface area contributed by atoms with Gasteiger partial charge in [-0.05, 0) is 37.0 Å². The van der Waals surface area contributed by atoms with E-state index in [1.54, 1.807) is 7.11 Å². The summed E-state index contributed by atoms with van der Waals surface area (Å²) in [7, 11) is 3.60. The molecule has 2 rings (SSSR count). The fourth-order valence-corrected chi connectivity index (χ4v) is 2.70. The molecule has 0 saturated heterocycles. The van der Waals surface area contributed by atoms with Crippen molar-refractivity contribution < 1.29 is 14.6 Å². The number of aliphatic carboxylic acids is 1. The molecule has 0 amide bonds. The van der Waals surface area contributed by atoms with Gasteiger partial charge in [-0.2, -0.15) is 0 Å². The average molecular weight is 249 g/mol. The maximum absolute atomic E-state index is 10.9. The van der Waals surface area contributed by atoms with E-state index in [0.29, 0.717) is 0 Å². The van der Waals surface area contributed by atoms with Gasteiger partial charge in [0.2, 0.25) is 0 Å². The first-order valence-electron chi connectivity index (χ1n) is 6.15. The summed E-state index contributed by atoms with van der Waals surface area (Å²) in [5, 5.41) is 8.94. The van der Waals surface area contributed by atoms with Crippen molar-refractivity contribution in [2.24, 2.45) is 0 Å². The van der Waals surface area contributed by atoms with E-state index in [4.69, 9.17) is 9.84 Å². The quantitative estimate of drug-likeness (QED) is 0.892. The molecule has 98 valence electrons. The molecule has 1 aliphatic rings. The van der Waals surface area contributed by atoms with Gasteiger partial charge in [0.05, 0.1) is 19.2 Å². The van der Waals surface area contributed by atoms with Crippen molar-refractivity contribution in [2.75, 3.05) is 19.1 Å². The lowest BCUT2D eigenvalue weighted by molar-refractivity contribution is -0.137. The molecule has 1 aromatic rings. The molecule has 1 N–H and O–H groups in total. The van der Waals surface area contributed by atoms with Gasteiger partial charge in [-0.3, -0.25) is 4.79 Å². The molecule has 1 unspecified atom stereocenters. The van der Waals surface area contributed by atoms with E-state index in [0.717, 1.165) is 24.3 Å². The van der Waals surface area contributed by atoms with Crippen LogP contribution in [0.1, 0.15) is 24.0 Å². The van der Waals surface area contributed by atoms with Gasteiger partial charge < -0.3 is 14.7 Å². The summed E-state index contributed by atoms with van der Waals surface area (Å²) in [4.78, 5) is 12.9. The van der Waals surface area contributed by atoms with E-state index in [9.17, 15) is 4.79 Å². The molecule has 0 saturated carbocycles. The number of rotatable bonds is 3. The summed E-state index contributed by atoms with van der Waals surface area (Å²) in [5.74, 6) is 0.0870. The van der Waals surface area contributed by atoms with Gasteiger partial charge >= 0.3 is 5.97 Å². The van der Waals surface area contributed by atoms with Gasteiger partial charge in [-0.25, -0.2) is 0 Å². The van der Waals surface area contributed by atoms with Crippen LogP contribution in [0.25, 0.3) is 0 Å². The van der Waals surface area contributed by atoms with Gasteiger partial charge in [0.1, 0.15) is 5.75 Å². The molecule has 1 aliphatic heterocycles. The van der Waals surface area contributed by atoms with Gasteiger partial charge in [0, 0.05) is 13.1 Å². The van der Waals surface area contributed by atoms with Crippen LogP contribution in [0.15, 0.2) is 12.1 Å². The van der Waals surface area contributed by atoms with Crippen molar-refractivity contribution in [3.63, 3.8) is 0 Å². The summed E-state index contributed by atoms with van der Waals surface area (Å²) in [6.07, 6.45) is 1.96. The normalized spacial score (nSPS) is 18.4. The second kappa shape index (κ2) is 4.88. The Balaban J connectivity index is 2.38. The molecule has 0 fully saturated rings. The SMILES string of the molecule is COc1cc(C)cc2c1N(C)C(CC(=O)O)CC2. The average Bonchev–Trinajstić information content (AvgIpc) is 2.31. The Morgan fingerprint density at radius 1 is 1.56 bits per heavy atom. The summed E-state index contributed by atoms with van der Waals surface area (Å²) in [6.45, 7) is 2.05. The molecule has 0 radical (unpaired) electrons. The standard InChI is InChI=1S/C14H19NO3/c1-9-6-10-4-5-11(8-13(16)17)15(2)14(10)12(7-9)18-3/h6-7,11H,4-5,8H2,1-3H3,(H,16,17). The lowest BCUT2D eigenvalue weighted by Crippen LogP contribution is -2.38. The molecule has 1 atom stereocenters. The number of carboxylic acid groups (broad SMARTS) is 1. The predicted molar refractivity (Wildman–Crippen MR) is 70.5 cm³/mol. The van der Waals surface area contributed by atoms with Crippen molar-refractivity contribution in [3.8, 4) is 5.75 Å². The number of ether oxygens (including phenoxy) is 1. The van der Waals surface area contributed by atoms with Gasteiger partial charge in [-0.15, -0.1) is 0 Å². The van der Waals surface area contributed by atoms with E-state index >= 15 is 0 Å². The molecular weight excluding hydrogens is 230 g/mol. The van der Waals surface area contributed by atoms with Crippen LogP contribution in [0.4, 0.5) is 5.69 Å². The highest BCUT2D eigenvalue weighted by atomic mass is 16.5. The molecule has 0 bridgehead atoms. The molecule has 0 aromatic heterocycles. The van der Waals surface area contributed by atoms with Gasteiger partial charge in [0.25, 0.3) is 0 Å². The van der Waals surface area contributed by atoms with Crippen molar-refractivity contribution in [2.45, 2.75) is 32.2 Å². The van der Waals surface area contributed by atoms with E-state index in [1.807, 2.05) is 24.9 Å². The number of hydrogen-bond acceptors (Lipinski definition) is 3. The zero-order valence-corrected chi connectivity index (χ0v) is 11.1. The number of anilines is 1. The first-order valence-corrected chi connectivity index (χ1v) is 6.15. The fraction of sp³-hybridized carbons (Fsp3) is 0.500. The topological polar surface area (TPSA) is 49.8 Å². The first kappa shape index (κ1) is 12.7. The van der Waals surface area contributed by atoms with Crippen LogP contribution in [-0.4, -0.2) is 31.3 Å². The molecule has 18 heavy (non-hydrogen) atoms. The van der Waals surface area contributed by atoms with Crippen LogP contribution in [0, 0.1) is 6.92 Å². The highest BCUT2D eigenvalue weighted by Gasteiger charge is 2.28. The Morgan fingerprint density at radius 3 is 2.89 bits per heavy atom. The second-order valence-electron chi connectivity index (χ2n) is 4.88. The van der Waals surface area contributed by atoms with Crippen LogP contribution in [0.5, 0.6) is 5.75 Å². The minimum Gasteiger partial charge on any atom is -0.495 e. The Labute approximate surface area is 107 Å². The molecule has 1 heterocycles. The summed E-state index contributed by atoms with van der Waals surface area (Å²) in [6, 6.07) is 4.20. The Morgan fingerprint density at radius 2 is 2.28 bits per heavy atom. The van der Waals surface area contributed by atoms with Gasteiger partial charge in [0.15, 0.2) is 0 Å². The van der Waals surface area contributed by atoms with Crippen LogP contribution in [-0.2, 0) is 11.2 Å². The smallest absolute Gasteiger partial charge is 0.305 e. The third-order valence-corrected chi connectivity index (χ3v) is 3.58. The molecule has 4 nitrogen and oxygen atoms in total. The number of carboxylic acids is 1. The molecule has 0 spiro atoms. The van der Waals surface area contributed by atoms with Crippen molar-refractivity contribution in [3.05, 3.63) is 23.3 Å². The number of nitrogens with zero attached hydrogens (tertiary/aromatic N) is 1. The Bertz CT molecular complexity index is 453. The molecule has 0 aliphatic carbocycles. The van der Waals surface area contributed by atoms with E-state index in [1.165, 1.54) is 11.1 Å². The molecule has 4 heteroatoms. The number of carbonyl (C=O) groups is 1. The summed E-state index contributed by atoms with van der Waals surface area (Å²) < 4.78 is 5.43. The summed E-state index contributed by atoms with van der Waals surface area (Å²) in [5.41, 5.74) is 3.47. The molecular formula is C14H19NO3. The fourth-order valence-electron chi connectivity index (χ4n) is 2.70. The minimum absolute atomic E-state index is 0.0478. The maximum Gasteiger partial charge on any atom is 0.305 e. The highest BCUT2D eigenvalue weighted by molar-refractivity contribution is 5.71. The zero-order valence-electron chi connectivity index (χ0n) is 11.1. The largest absolute Gasteiger partial charge is 0.495 e. The number of methoxy groups -OCH3 is 1. The van der Waals surface area contributed by atoms with E-state index in [2.05, 4.69) is 6.07 Å². The number of aryl methyl sites for hydroxylation is 2. The van der Waals surface area contributed by atoms with Crippen LogP contribution >= 0.6 is 0 Å². The first-order chi connectivity index (χ1) is 8.52. The lowest BCUT2D eigenvalue weighted by atomic mass is 9.93. The van der Waals surface area contributed by atoms with Crippen molar-refractivity contribution >= 4 is 11.7 Å².